The Morgan fingerprint density at radius 3 is 2.67 bits per heavy atom. The first-order valence-corrected chi connectivity index (χ1v) is 7.32. The summed E-state index contributed by atoms with van der Waals surface area (Å²) in [5.74, 6) is 0.105. The number of carbonyl (C=O) groups is 1. The molecule has 0 heterocycles. The standard InChI is InChI=1S/C17H24FNO2/c1-5-16(20)7-6-14-8-15(18)10-17(9-14)21-13(4)11-19-12(2)3/h6-10,12-13,19H,5,11H2,1-4H3/b7-6+. The van der Waals surface area contributed by atoms with Crippen LogP contribution in [0.5, 0.6) is 5.75 Å². The van der Waals surface area contributed by atoms with Crippen molar-refractivity contribution >= 4 is 11.9 Å². The summed E-state index contributed by atoms with van der Waals surface area (Å²) >= 11 is 0. The van der Waals surface area contributed by atoms with E-state index in [0.717, 1.165) is 0 Å². The van der Waals surface area contributed by atoms with Crippen LogP contribution in [0.2, 0.25) is 0 Å². The van der Waals surface area contributed by atoms with Gasteiger partial charge in [0.1, 0.15) is 17.7 Å². The molecule has 0 radical (unpaired) electrons. The molecule has 0 saturated heterocycles. The van der Waals surface area contributed by atoms with Gasteiger partial charge in [0.25, 0.3) is 0 Å². The average molecular weight is 293 g/mol. The van der Waals surface area contributed by atoms with Gasteiger partial charge in [0.2, 0.25) is 0 Å². The highest BCUT2D eigenvalue weighted by molar-refractivity contribution is 5.93. The highest BCUT2D eigenvalue weighted by Gasteiger charge is 2.07. The Morgan fingerprint density at radius 2 is 2.05 bits per heavy atom. The molecule has 21 heavy (non-hydrogen) atoms. The number of hydrogen-bond donors (Lipinski definition) is 1. The summed E-state index contributed by atoms with van der Waals surface area (Å²) in [4.78, 5) is 11.3. The molecule has 0 aliphatic carbocycles. The highest BCUT2D eigenvalue weighted by atomic mass is 19.1. The summed E-state index contributed by atoms with van der Waals surface area (Å²) in [5.41, 5.74) is 0.621. The largest absolute Gasteiger partial charge is 0.489 e. The fourth-order valence-corrected chi connectivity index (χ4v) is 1.73. The Bertz CT molecular complexity index is 498. The summed E-state index contributed by atoms with van der Waals surface area (Å²) in [7, 11) is 0. The molecule has 0 fully saturated rings. The van der Waals surface area contributed by atoms with E-state index in [4.69, 9.17) is 4.74 Å². The van der Waals surface area contributed by atoms with E-state index in [-0.39, 0.29) is 17.7 Å². The van der Waals surface area contributed by atoms with Crippen LogP contribution in [0.1, 0.15) is 39.7 Å². The van der Waals surface area contributed by atoms with E-state index in [2.05, 4.69) is 19.2 Å². The summed E-state index contributed by atoms with van der Waals surface area (Å²) in [6.45, 7) is 8.52. The summed E-state index contributed by atoms with van der Waals surface area (Å²) in [6.07, 6.45) is 3.44. The first-order chi connectivity index (χ1) is 9.90. The van der Waals surface area contributed by atoms with Crippen molar-refractivity contribution < 1.29 is 13.9 Å². The molecule has 1 unspecified atom stereocenters. The number of allylic oxidation sites excluding steroid dienone is 1. The molecule has 1 atom stereocenters. The van der Waals surface area contributed by atoms with Gasteiger partial charge in [-0.3, -0.25) is 4.79 Å². The summed E-state index contributed by atoms with van der Waals surface area (Å²) < 4.78 is 19.3. The highest BCUT2D eigenvalue weighted by Crippen LogP contribution is 2.19. The minimum atomic E-state index is -0.375. The third kappa shape index (κ3) is 7.04. The molecular formula is C17H24FNO2. The average Bonchev–Trinajstić information content (AvgIpc) is 2.42. The number of carbonyl (C=O) groups excluding carboxylic acids is 1. The molecule has 0 aromatic heterocycles. The molecule has 0 bridgehead atoms. The molecule has 0 aliphatic heterocycles. The maximum atomic E-state index is 13.6. The van der Waals surface area contributed by atoms with Crippen molar-refractivity contribution in [1.29, 1.82) is 0 Å². The number of benzene rings is 1. The fourth-order valence-electron chi connectivity index (χ4n) is 1.73. The third-order valence-corrected chi connectivity index (χ3v) is 2.85. The Balaban J connectivity index is 2.73. The molecule has 4 heteroatoms. The number of hydrogen-bond acceptors (Lipinski definition) is 3. The van der Waals surface area contributed by atoms with Crippen LogP contribution < -0.4 is 10.1 Å². The minimum absolute atomic E-state index is 0.0104. The van der Waals surface area contributed by atoms with Crippen LogP contribution in [0, 0.1) is 5.82 Å². The van der Waals surface area contributed by atoms with Crippen LogP contribution in [0.15, 0.2) is 24.3 Å². The van der Waals surface area contributed by atoms with Crippen LogP contribution >= 0.6 is 0 Å². The van der Waals surface area contributed by atoms with Gasteiger partial charge in [0, 0.05) is 25.1 Å². The van der Waals surface area contributed by atoms with Gasteiger partial charge < -0.3 is 10.1 Å². The van der Waals surface area contributed by atoms with Crippen LogP contribution in [0.4, 0.5) is 4.39 Å². The van der Waals surface area contributed by atoms with E-state index in [9.17, 15) is 9.18 Å². The molecule has 1 rings (SSSR count). The first-order valence-electron chi connectivity index (χ1n) is 7.32. The molecule has 3 nitrogen and oxygen atoms in total. The van der Waals surface area contributed by atoms with Crippen molar-refractivity contribution in [3.8, 4) is 5.75 Å². The lowest BCUT2D eigenvalue weighted by Gasteiger charge is -2.17. The van der Waals surface area contributed by atoms with Crippen LogP contribution in [0.25, 0.3) is 6.08 Å². The van der Waals surface area contributed by atoms with Gasteiger partial charge in [-0.25, -0.2) is 4.39 Å². The molecule has 1 aromatic rings. The second-order valence-corrected chi connectivity index (χ2v) is 5.36. The maximum Gasteiger partial charge on any atom is 0.155 e. The number of rotatable bonds is 8. The Morgan fingerprint density at radius 1 is 1.33 bits per heavy atom. The molecule has 1 N–H and O–H groups in total. The van der Waals surface area contributed by atoms with Gasteiger partial charge in [0.05, 0.1) is 0 Å². The summed E-state index contributed by atoms with van der Waals surface area (Å²) in [6, 6.07) is 4.84. The summed E-state index contributed by atoms with van der Waals surface area (Å²) in [5, 5.41) is 3.27. The molecule has 0 saturated carbocycles. The third-order valence-electron chi connectivity index (χ3n) is 2.85. The predicted molar refractivity (Wildman–Crippen MR) is 84.0 cm³/mol. The monoisotopic (exact) mass is 293 g/mol. The van der Waals surface area contributed by atoms with Gasteiger partial charge in [0.15, 0.2) is 5.78 Å². The number of halogens is 1. The SMILES string of the molecule is CCC(=O)/C=C/c1cc(F)cc(OC(C)CNC(C)C)c1. The Labute approximate surface area is 126 Å². The number of nitrogens with one attached hydrogen (secondary N) is 1. The van der Waals surface area contributed by atoms with Gasteiger partial charge >= 0.3 is 0 Å². The molecule has 1 aromatic carbocycles. The van der Waals surface area contributed by atoms with E-state index in [0.29, 0.717) is 30.3 Å². The molecule has 116 valence electrons. The molecule has 0 amide bonds. The van der Waals surface area contributed by atoms with E-state index in [1.165, 1.54) is 18.2 Å². The molecule has 0 aliphatic rings. The normalized spacial score (nSPS) is 12.9. The lowest BCUT2D eigenvalue weighted by molar-refractivity contribution is -0.114. The lowest BCUT2D eigenvalue weighted by Crippen LogP contribution is -2.33. The van der Waals surface area contributed by atoms with Crippen LogP contribution in [-0.4, -0.2) is 24.5 Å². The number of ketones is 1. The van der Waals surface area contributed by atoms with Crippen molar-refractivity contribution in [2.75, 3.05) is 6.54 Å². The van der Waals surface area contributed by atoms with Gasteiger partial charge in [-0.05, 0) is 30.7 Å². The first kappa shape index (κ1) is 17.4. The smallest absolute Gasteiger partial charge is 0.155 e. The quantitative estimate of drug-likeness (QED) is 0.744. The van der Waals surface area contributed by atoms with Crippen molar-refractivity contribution in [2.45, 2.75) is 46.3 Å². The van der Waals surface area contributed by atoms with Crippen molar-refractivity contribution in [2.24, 2.45) is 0 Å². The Kier molecular flexibility index (Phi) is 7.09. The topological polar surface area (TPSA) is 38.3 Å². The zero-order chi connectivity index (χ0) is 15.8. The van der Waals surface area contributed by atoms with E-state index >= 15 is 0 Å². The number of ether oxygens (including phenoxy) is 1. The molecular weight excluding hydrogens is 269 g/mol. The van der Waals surface area contributed by atoms with Crippen LogP contribution in [-0.2, 0) is 4.79 Å². The van der Waals surface area contributed by atoms with Gasteiger partial charge in [-0.2, -0.15) is 0 Å². The predicted octanol–water partition coefficient (Wildman–Crippen LogP) is 3.58. The van der Waals surface area contributed by atoms with Crippen molar-refractivity contribution in [1.82, 2.24) is 5.32 Å². The fraction of sp³-hybridized carbons (Fsp3) is 0.471. The zero-order valence-electron chi connectivity index (χ0n) is 13.2. The van der Waals surface area contributed by atoms with Crippen molar-refractivity contribution in [3.05, 3.63) is 35.7 Å². The lowest BCUT2D eigenvalue weighted by atomic mass is 10.1. The van der Waals surface area contributed by atoms with E-state index < -0.39 is 0 Å². The Hall–Kier alpha value is -1.68. The van der Waals surface area contributed by atoms with Crippen LogP contribution in [0.3, 0.4) is 0 Å². The zero-order valence-corrected chi connectivity index (χ0v) is 13.2. The maximum absolute atomic E-state index is 13.6. The minimum Gasteiger partial charge on any atom is -0.489 e. The second kappa shape index (κ2) is 8.57. The van der Waals surface area contributed by atoms with E-state index in [1.807, 2.05) is 6.92 Å². The second-order valence-electron chi connectivity index (χ2n) is 5.36. The van der Waals surface area contributed by atoms with Gasteiger partial charge in [-0.1, -0.05) is 26.8 Å². The molecule has 0 spiro atoms. The van der Waals surface area contributed by atoms with E-state index in [1.54, 1.807) is 19.1 Å². The van der Waals surface area contributed by atoms with Crippen molar-refractivity contribution in [3.63, 3.8) is 0 Å². The van der Waals surface area contributed by atoms with Gasteiger partial charge in [-0.15, -0.1) is 0 Å².